The Bertz CT molecular complexity index is 229. The molecular formula is C6H5FOS. The highest BCUT2D eigenvalue weighted by atomic mass is 32.1. The van der Waals surface area contributed by atoms with Crippen molar-refractivity contribution >= 4 is 17.6 Å². The molecule has 0 fully saturated rings. The van der Waals surface area contributed by atoms with E-state index in [2.05, 4.69) is 0 Å². The first kappa shape index (κ1) is 6.42. The summed E-state index contributed by atoms with van der Waals surface area (Å²) in [6.07, 6.45) is 0.535. The van der Waals surface area contributed by atoms with Crippen LogP contribution in [0.5, 0.6) is 0 Å². The van der Waals surface area contributed by atoms with E-state index in [0.717, 1.165) is 4.88 Å². The van der Waals surface area contributed by atoms with Crippen LogP contribution in [0.1, 0.15) is 14.5 Å². The number of aryl methyl sites for hydroxylation is 1. The van der Waals surface area contributed by atoms with E-state index in [1.165, 1.54) is 17.4 Å². The summed E-state index contributed by atoms with van der Waals surface area (Å²) in [6.45, 7) is 1.76. The van der Waals surface area contributed by atoms with Crippen LogP contribution in [0, 0.1) is 12.7 Å². The zero-order valence-corrected chi connectivity index (χ0v) is 5.67. The summed E-state index contributed by atoms with van der Waals surface area (Å²) in [4.78, 5) is 11.0. The molecule has 0 aliphatic rings. The first-order valence-corrected chi connectivity index (χ1v) is 3.27. The molecule has 0 spiro atoms. The highest BCUT2D eigenvalue weighted by Crippen LogP contribution is 2.17. The monoisotopic (exact) mass is 144 g/mol. The Kier molecular flexibility index (Phi) is 1.62. The van der Waals surface area contributed by atoms with E-state index < -0.39 is 5.82 Å². The zero-order valence-electron chi connectivity index (χ0n) is 4.85. The number of carbonyl (C=O) groups excluding carboxylic acids is 1. The summed E-state index contributed by atoms with van der Waals surface area (Å²) in [5, 5.41) is 0. The Morgan fingerprint density at radius 2 is 2.44 bits per heavy atom. The van der Waals surface area contributed by atoms with Gasteiger partial charge in [-0.15, -0.1) is 11.3 Å². The van der Waals surface area contributed by atoms with E-state index in [9.17, 15) is 9.18 Å². The van der Waals surface area contributed by atoms with E-state index >= 15 is 0 Å². The summed E-state index contributed by atoms with van der Waals surface area (Å²) >= 11 is 1.17. The van der Waals surface area contributed by atoms with Crippen LogP contribution in [0.4, 0.5) is 4.39 Å². The van der Waals surface area contributed by atoms with Crippen LogP contribution >= 0.6 is 11.3 Å². The Hall–Kier alpha value is -0.700. The van der Waals surface area contributed by atoms with Crippen molar-refractivity contribution in [3.63, 3.8) is 0 Å². The molecule has 0 aliphatic carbocycles. The zero-order chi connectivity index (χ0) is 6.85. The van der Waals surface area contributed by atoms with Gasteiger partial charge in [0.25, 0.3) is 0 Å². The van der Waals surface area contributed by atoms with E-state index in [0.29, 0.717) is 6.29 Å². The van der Waals surface area contributed by atoms with Crippen molar-refractivity contribution < 1.29 is 9.18 Å². The van der Waals surface area contributed by atoms with Crippen LogP contribution < -0.4 is 0 Å². The van der Waals surface area contributed by atoms with E-state index in [-0.39, 0.29) is 4.88 Å². The van der Waals surface area contributed by atoms with Gasteiger partial charge in [0.15, 0.2) is 6.29 Å². The van der Waals surface area contributed by atoms with E-state index in [4.69, 9.17) is 0 Å². The molecule has 1 aromatic heterocycles. The van der Waals surface area contributed by atoms with E-state index in [1.54, 1.807) is 6.92 Å². The van der Waals surface area contributed by atoms with Crippen LogP contribution in [-0.2, 0) is 0 Å². The molecule has 0 saturated heterocycles. The number of hydrogen-bond acceptors (Lipinski definition) is 2. The lowest BCUT2D eigenvalue weighted by Gasteiger charge is -1.74. The van der Waals surface area contributed by atoms with Gasteiger partial charge in [-0.2, -0.15) is 0 Å². The minimum Gasteiger partial charge on any atom is -0.297 e. The predicted octanol–water partition coefficient (Wildman–Crippen LogP) is 2.01. The molecule has 0 atom stereocenters. The molecule has 0 aliphatic heterocycles. The van der Waals surface area contributed by atoms with Crippen molar-refractivity contribution in [1.82, 2.24) is 0 Å². The number of hydrogen-bond donors (Lipinski definition) is 0. The molecule has 0 amide bonds. The van der Waals surface area contributed by atoms with Gasteiger partial charge < -0.3 is 0 Å². The van der Waals surface area contributed by atoms with Gasteiger partial charge in [-0.25, -0.2) is 4.39 Å². The fourth-order valence-corrected chi connectivity index (χ4v) is 1.30. The molecule has 0 saturated carbocycles. The SMILES string of the molecule is Cc1cc(F)c(C=O)s1. The lowest BCUT2D eigenvalue weighted by Crippen LogP contribution is -1.73. The number of rotatable bonds is 1. The maximum absolute atomic E-state index is 12.4. The molecule has 0 radical (unpaired) electrons. The highest BCUT2D eigenvalue weighted by molar-refractivity contribution is 7.13. The summed E-state index contributed by atoms with van der Waals surface area (Å²) in [5.74, 6) is -0.410. The third-order valence-corrected chi connectivity index (χ3v) is 1.89. The van der Waals surface area contributed by atoms with Crippen molar-refractivity contribution in [3.05, 3.63) is 21.6 Å². The van der Waals surface area contributed by atoms with Crippen molar-refractivity contribution in [2.75, 3.05) is 0 Å². The molecule has 1 nitrogen and oxygen atoms in total. The first-order valence-electron chi connectivity index (χ1n) is 2.45. The maximum atomic E-state index is 12.4. The molecule has 0 bridgehead atoms. The Balaban J connectivity index is 3.15. The maximum Gasteiger partial charge on any atom is 0.162 e. The molecule has 48 valence electrons. The quantitative estimate of drug-likeness (QED) is 0.551. The standard InChI is InChI=1S/C6H5FOS/c1-4-2-5(7)6(3-8)9-4/h2-3H,1H3. The van der Waals surface area contributed by atoms with Crippen LogP contribution in [-0.4, -0.2) is 6.29 Å². The Labute approximate surface area is 56.1 Å². The number of thiophene rings is 1. The summed E-state index contributed by atoms with van der Waals surface area (Å²) in [7, 11) is 0. The summed E-state index contributed by atoms with van der Waals surface area (Å²) in [6, 6.07) is 1.36. The smallest absolute Gasteiger partial charge is 0.162 e. The second-order valence-electron chi connectivity index (χ2n) is 1.69. The Morgan fingerprint density at radius 3 is 2.67 bits per heavy atom. The highest BCUT2D eigenvalue weighted by Gasteiger charge is 2.02. The normalized spacial score (nSPS) is 9.56. The lowest BCUT2D eigenvalue weighted by atomic mass is 10.4. The number of carbonyl (C=O) groups is 1. The van der Waals surface area contributed by atoms with Crippen molar-refractivity contribution in [2.45, 2.75) is 6.92 Å². The predicted molar refractivity (Wildman–Crippen MR) is 34.4 cm³/mol. The molecule has 0 unspecified atom stereocenters. The topological polar surface area (TPSA) is 17.1 Å². The molecule has 9 heavy (non-hydrogen) atoms. The molecular weight excluding hydrogens is 139 g/mol. The average molecular weight is 144 g/mol. The lowest BCUT2D eigenvalue weighted by molar-refractivity contribution is 0.112. The van der Waals surface area contributed by atoms with E-state index in [1.807, 2.05) is 0 Å². The number of aldehydes is 1. The molecule has 1 heterocycles. The van der Waals surface area contributed by atoms with Gasteiger partial charge >= 0.3 is 0 Å². The van der Waals surface area contributed by atoms with Crippen LogP contribution in [0.2, 0.25) is 0 Å². The van der Waals surface area contributed by atoms with Crippen LogP contribution in [0.25, 0.3) is 0 Å². The van der Waals surface area contributed by atoms with Gasteiger partial charge in [0.2, 0.25) is 0 Å². The molecule has 1 aromatic rings. The third kappa shape index (κ3) is 1.16. The molecule has 1 rings (SSSR count). The fraction of sp³-hybridized carbons (Fsp3) is 0.167. The van der Waals surface area contributed by atoms with Gasteiger partial charge in [-0.05, 0) is 13.0 Å². The van der Waals surface area contributed by atoms with Gasteiger partial charge in [0.1, 0.15) is 10.7 Å². The second kappa shape index (κ2) is 2.27. The van der Waals surface area contributed by atoms with Gasteiger partial charge in [0, 0.05) is 4.88 Å². The second-order valence-corrected chi connectivity index (χ2v) is 2.97. The molecule has 0 N–H and O–H groups in total. The Morgan fingerprint density at radius 1 is 1.78 bits per heavy atom. The third-order valence-electron chi connectivity index (χ3n) is 0.943. The first-order chi connectivity index (χ1) is 4.24. The van der Waals surface area contributed by atoms with Crippen molar-refractivity contribution in [1.29, 1.82) is 0 Å². The number of halogens is 1. The van der Waals surface area contributed by atoms with Gasteiger partial charge in [0.05, 0.1) is 0 Å². The summed E-state index contributed by atoms with van der Waals surface area (Å²) in [5.41, 5.74) is 0. The van der Waals surface area contributed by atoms with Crippen LogP contribution in [0.3, 0.4) is 0 Å². The largest absolute Gasteiger partial charge is 0.297 e. The molecule has 3 heteroatoms. The fourth-order valence-electron chi connectivity index (χ4n) is 0.582. The van der Waals surface area contributed by atoms with Gasteiger partial charge in [-0.1, -0.05) is 0 Å². The molecule has 0 aromatic carbocycles. The minimum absolute atomic E-state index is 0.188. The average Bonchev–Trinajstić information content (AvgIpc) is 2.10. The van der Waals surface area contributed by atoms with Crippen molar-refractivity contribution in [2.24, 2.45) is 0 Å². The van der Waals surface area contributed by atoms with Crippen molar-refractivity contribution in [3.8, 4) is 0 Å². The summed E-state index contributed by atoms with van der Waals surface area (Å²) < 4.78 is 12.4. The minimum atomic E-state index is -0.410. The van der Waals surface area contributed by atoms with Gasteiger partial charge in [-0.3, -0.25) is 4.79 Å². The van der Waals surface area contributed by atoms with Crippen LogP contribution in [0.15, 0.2) is 6.07 Å².